The van der Waals surface area contributed by atoms with E-state index >= 15 is 0 Å². The molecule has 0 aliphatic carbocycles. The van der Waals surface area contributed by atoms with Gasteiger partial charge in [-0.3, -0.25) is 0 Å². The predicted octanol–water partition coefficient (Wildman–Crippen LogP) is 6.65. The van der Waals surface area contributed by atoms with Crippen LogP contribution in [-0.2, 0) is 19.3 Å². The van der Waals surface area contributed by atoms with Crippen LogP contribution in [0.3, 0.4) is 0 Å². The number of aryl methyl sites for hydroxylation is 3. The van der Waals surface area contributed by atoms with Crippen molar-refractivity contribution < 1.29 is 0 Å². The van der Waals surface area contributed by atoms with E-state index in [1.807, 2.05) is 13.1 Å². The van der Waals surface area contributed by atoms with Crippen LogP contribution in [0.25, 0.3) is 6.08 Å². The molecular weight excluding hydrogens is 340 g/mol. The van der Waals surface area contributed by atoms with Crippen molar-refractivity contribution in [1.29, 1.82) is 0 Å². The maximum atomic E-state index is 5.01. The maximum Gasteiger partial charge on any atom is 0.133 e. The minimum Gasteiger partial charge on any atom is -0.373 e. The van der Waals surface area contributed by atoms with E-state index in [4.69, 9.17) is 4.99 Å². The molecule has 0 aliphatic rings. The van der Waals surface area contributed by atoms with Gasteiger partial charge in [-0.2, -0.15) is 0 Å². The number of rotatable bonds is 6. The Kier molecular flexibility index (Phi) is 7.23. The SMILES string of the molecule is C=Cc1c(CC)cc(CC)cc1/N=C(\NC)c1ccc(CC(C)(C)C)c(C)c1. The highest BCUT2D eigenvalue weighted by molar-refractivity contribution is 6.01. The molecule has 0 saturated carbocycles. The number of aliphatic imine (C=N–C) groups is 1. The van der Waals surface area contributed by atoms with Gasteiger partial charge in [0.25, 0.3) is 0 Å². The van der Waals surface area contributed by atoms with Crippen LogP contribution >= 0.6 is 0 Å². The van der Waals surface area contributed by atoms with E-state index in [-0.39, 0.29) is 5.41 Å². The number of hydrogen-bond donors (Lipinski definition) is 1. The molecular formula is C26H36N2. The van der Waals surface area contributed by atoms with E-state index in [0.717, 1.165) is 41.9 Å². The number of hydrogen-bond acceptors (Lipinski definition) is 1. The summed E-state index contributed by atoms with van der Waals surface area (Å²) in [6, 6.07) is 11.1. The molecule has 2 aromatic rings. The predicted molar refractivity (Wildman–Crippen MR) is 125 cm³/mol. The zero-order valence-electron chi connectivity index (χ0n) is 18.7. The zero-order chi connectivity index (χ0) is 20.9. The van der Waals surface area contributed by atoms with Gasteiger partial charge in [-0.1, -0.05) is 65.5 Å². The number of nitrogens with zero attached hydrogens (tertiary/aromatic N) is 1. The smallest absolute Gasteiger partial charge is 0.133 e. The summed E-state index contributed by atoms with van der Waals surface area (Å²) >= 11 is 0. The van der Waals surface area contributed by atoms with Gasteiger partial charge in [-0.25, -0.2) is 4.99 Å². The lowest BCUT2D eigenvalue weighted by molar-refractivity contribution is 0.410. The van der Waals surface area contributed by atoms with Gasteiger partial charge < -0.3 is 5.32 Å². The molecule has 2 aromatic carbocycles. The summed E-state index contributed by atoms with van der Waals surface area (Å²) < 4.78 is 0. The Hall–Kier alpha value is -2.35. The minimum atomic E-state index is 0.280. The molecule has 150 valence electrons. The summed E-state index contributed by atoms with van der Waals surface area (Å²) in [6.07, 6.45) is 4.99. The van der Waals surface area contributed by atoms with Crippen LogP contribution in [0.15, 0.2) is 41.9 Å². The second-order valence-electron chi connectivity index (χ2n) is 8.69. The van der Waals surface area contributed by atoms with Crippen molar-refractivity contribution in [3.05, 3.63) is 70.3 Å². The normalized spacial score (nSPS) is 12.2. The van der Waals surface area contributed by atoms with Gasteiger partial charge >= 0.3 is 0 Å². The van der Waals surface area contributed by atoms with Crippen LogP contribution in [0.5, 0.6) is 0 Å². The lowest BCUT2D eigenvalue weighted by Crippen LogP contribution is -2.20. The molecule has 2 rings (SSSR count). The summed E-state index contributed by atoms with van der Waals surface area (Å²) in [4.78, 5) is 5.01. The molecule has 0 unspecified atom stereocenters. The first-order valence-corrected chi connectivity index (χ1v) is 10.4. The summed E-state index contributed by atoms with van der Waals surface area (Å²) in [5.41, 5.74) is 8.86. The van der Waals surface area contributed by atoms with E-state index in [1.165, 1.54) is 22.3 Å². The van der Waals surface area contributed by atoms with Crippen LogP contribution < -0.4 is 5.32 Å². The Balaban J connectivity index is 2.52. The van der Waals surface area contributed by atoms with Gasteiger partial charge in [-0.05, 0) is 66.0 Å². The quantitative estimate of drug-likeness (QED) is 0.443. The average molecular weight is 377 g/mol. The van der Waals surface area contributed by atoms with Crippen LogP contribution in [-0.4, -0.2) is 12.9 Å². The number of nitrogens with one attached hydrogen (secondary N) is 1. The fraction of sp³-hybridized carbons (Fsp3) is 0.423. The molecule has 0 atom stereocenters. The Bertz CT molecular complexity index is 867. The monoisotopic (exact) mass is 376 g/mol. The highest BCUT2D eigenvalue weighted by Gasteiger charge is 2.14. The maximum absolute atomic E-state index is 5.01. The molecule has 0 spiro atoms. The van der Waals surface area contributed by atoms with Gasteiger partial charge in [0.1, 0.15) is 5.84 Å². The third kappa shape index (κ3) is 5.34. The van der Waals surface area contributed by atoms with Gasteiger partial charge in [0.2, 0.25) is 0 Å². The van der Waals surface area contributed by atoms with Crippen molar-refractivity contribution in [1.82, 2.24) is 5.32 Å². The third-order valence-corrected chi connectivity index (χ3v) is 5.10. The van der Waals surface area contributed by atoms with E-state index in [1.54, 1.807) is 0 Å². The van der Waals surface area contributed by atoms with Crippen molar-refractivity contribution in [3.8, 4) is 0 Å². The first-order chi connectivity index (χ1) is 13.2. The van der Waals surface area contributed by atoms with Crippen molar-refractivity contribution in [2.24, 2.45) is 10.4 Å². The second-order valence-corrected chi connectivity index (χ2v) is 8.69. The summed E-state index contributed by atoms with van der Waals surface area (Å²) in [5, 5.41) is 3.30. The summed E-state index contributed by atoms with van der Waals surface area (Å²) in [5.74, 6) is 0.892. The molecule has 0 aliphatic heterocycles. The zero-order valence-corrected chi connectivity index (χ0v) is 18.7. The Morgan fingerprint density at radius 2 is 1.79 bits per heavy atom. The molecule has 1 N–H and O–H groups in total. The van der Waals surface area contributed by atoms with Crippen LogP contribution in [0.2, 0.25) is 0 Å². The van der Waals surface area contributed by atoms with Gasteiger partial charge in [0, 0.05) is 18.2 Å². The fourth-order valence-electron chi connectivity index (χ4n) is 3.58. The Labute approximate surface area is 171 Å². The highest BCUT2D eigenvalue weighted by atomic mass is 15.0. The topological polar surface area (TPSA) is 24.4 Å². The molecule has 0 heterocycles. The van der Waals surface area contributed by atoms with Crippen LogP contribution in [0.1, 0.15) is 68.0 Å². The molecule has 0 aromatic heterocycles. The van der Waals surface area contributed by atoms with Gasteiger partial charge in [0.15, 0.2) is 0 Å². The van der Waals surface area contributed by atoms with Crippen molar-refractivity contribution in [2.75, 3.05) is 7.05 Å². The molecule has 28 heavy (non-hydrogen) atoms. The van der Waals surface area contributed by atoms with Crippen LogP contribution in [0, 0.1) is 12.3 Å². The van der Waals surface area contributed by atoms with E-state index in [2.05, 4.69) is 83.8 Å². The fourth-order valence-corrected chi connectivity index (χ4v) is 3.58. The summed E-state index contributed by atoms with van der Waals surface area (Å²) in [7, 11) is 1.94. The highest BCUT2D eigenvalue weighted by Crippen LogP contribution is 2.29. The first kappa shape index (κ1) is 21.9. The Morgan fingerprint density at radius 1 is 1.07 bits per heavy atom. The largest absolute Gasteiger partial charge is 0.373 e. The van der Waals surface area contributed by atoms with Crippen molar-refractivity contribution >= 4 is 17.6 Å². The molecule has 2 nitrogen and oxygen atoms in total. The lowest BCUT2D eigenvalue weighted by Gasteiger charge is -2.20. The third-order valence-electron chi connectivity index (χ3n) is 5.10. The molecule has 0 fully saturated rings. The second kappa shape index (κ2) is 9.23. The molecule has 0 radical (unpaired) electrons. The lowest BCUT2D eigenvalue weighted by atomic mass is 9.86. The average Bonchev–Trinajstić information content (AvgIpc) is 2.65. The van der Waals surface area contributed by atoms with Crippen LogP contribution in [0.4, 0.5) is 5.69 Å². The summed E-state index contributed by atoms with van der Waals surface area (Å²) in [6.45, 7) is 17.4. The number of benzene rings is 2. The molecule has 0 amide bonds. The molecule has 2 heteroatoms. The molecule has 0 bridgehead atoms. The Morgan fingerprint density at radius 3 is 2.29 bits per heavy atom. The van der Waals surface area contributed by atoms with Gasteiger partial charge in [0.05, 0.1) is 5.69 Å². The minimum absolute atomic E-state index is 0.280. The van der Waals surface area contributed by atoms with Crippen molar-refractivity contribution in [2.45, 2.75) is 60.8 Å². The van der Waals surface area contributed by atoms with E-state index in [0.29, 0.717) is 0 Å². The first-order valence-electron chi connectivity index (χ1n) is 10.4. The molecule has 0 saturated heterocycles. The van der Waals surface area contributed by atoms with E-state index in [9.17, 15) is 0 Å². The van der Waals surface area contributed by atoms with Gasteiger partial charge in [-0.15, -0.1) is 0 Å². The van der Waals surface area contributed by atoms with Crippen molar-refractivity contribution in [3.63, 3.8) is 0 Å². The van der Waals surface area contributed by atoms with E-state index < -0.39 is 0 Å². The standard InChI is InChI=1S/C26H36N2/c1-9-19-15-20(10-2)23(11-3)24(16-19)28-25(27-8)21-12-13-22(18(4)14-21)17-26(5,6)7/h11-16H,3,9-10,17H2,1-2,4-8H3,(H,27,28). The number of amidine groups is 1.